The van der Waals surface area contributed by atoms with E-state index in [1.54, 1.807) is 0 Å². The molecule has 0 saturated carbocycles. The lowest BCUT2D eigenvalue weighted by Crippen LogP contribution is -2.53. The van der Waals surface area contributed by atoms with E-state index in [1.165, 1.54) is 5.56 Å². The van der Waals surface area contributed by atoms with Gasteiger partial charge in [-0.2, -0.15) is 0 Å². The average Bonchev–Trinajstić information content (AvgIpc) is 2.61. The van der Waals surface area contributed by atoms with E-state index in [-0.39, 0.29) is 42.9 Å². The van der Waals surface area contributed by atoms with E-state index in [9.17, 15) is 4.79 Å². The van der Waals surface area contributed by atoms with Crippen molar-refractivity contribution in [2.45, 2.75) is 44.9 Å². The molecule has 0 aliphatic carbocycles. The Morgan fingerprint density at radius 2 is 2.04 bits per heavy atom. The molecule has 1 heterocycles. The van der Waals surface area contributed by atoms with E-state index < -0.39 is 0 Å². The van der Waals surface area contributed by atoms with Gasteiger partial charge in [0.2, 0.25) is 5.91 Å². The summed E-state index contributed by atoms with van der Waals surface area (Å²) in [5.41, 5.74) is 1.32. The van der Waals surface area contributed by atoms with Crippen molar-refractivity contribution < 1.29 is 9.53 Å². The molecule has 0 radical (unpaired) electrons. The molecule has 1 aliphatic rings. The Hall–Kier alpha value is -0.850. The topological polar surface area (TPSA) is 53.6 Å². The molecule has 26 heavy (non-hydrogen) atoms. The molecule has 2 unspecified atom stereocenters. The number of nitrogens with one attached hydrogen (secondary N) is 2. The summed E-state index contributed by atoms with van der Waals surface area (Å²) in [6, 6.07) is 10.6. The van der Waals surface area contributed by atoms with Gasteiger partial charge in [-0.15, -0.1) is 24.8 Å². The number of hydrogen-bond acceptors (Lipinski definition) is 4. The second kappa shape index (κ2) is 14.2. The van der Waals surface area contributed by atoms with Gasteiger partial charge in [0, 0.05) is 26.1 Å². The first-order valence-corrected chi connectivity index (χ1v) is 9.04. The van der Waals surface area contributed by atoms with Gasteiger partial charge in [0.25, 0.3) is 0 Å². The monoisotopic (exact) mass is 405 g/mol. The molecular formula is C19H33Cl2N3O2. The smallest absolute Gasteiger partial charge is 0.220 e. The van der Waals surface area contributed by atoms with Crippen LogP contribution in [0.25, 0.3) is 0 Å². The fraction of sp³-hybridized carbons (Fsp3) is 0.632. The number of halogens is 2. The third-order valence-corrected chi connectivity index (χ3v) is 4.49. The van der Waals surface area contributed by atoms with Crippen LogP contribution in [0.4, 0.5) is 0 Å². The number of hydrogen-bond donors (Lipinski definition) is 2. The van der Waals surface area contributed by atoms with E-state index in [2.05, 4.69) is 46.7 Å². The van der Waals surface area contributed by atoms with E-state index in [1.807, 2.05) is 13.1 Å². The highest BCUT2D eigenvalue weighted by Crippen LogP contribution is 2.14. The molecule has 1 aromatic rings. The van der Waals surface area contributed by atoms with Crippen LogP contribution in [-0.2, 0) is 16.1 Å². The Morgan fingerprint density at radius 1 is 1.31 bits per heavy atom. The van der Waals surface area contributed by atoms with Gasteiger partial charge in [0.05, 0.1) is 18.8 Å². The number of benzene rings is 1. The summed E-state index contributed by atoms with van der Waals surface area (Å²) in [5.74, 6) is 0.126. The molecule has 1 aliphatic heterocycles. The third kappa shape index (κ3) is 8.69. The molecule has 0 bridgehead atoms. The molecule has 150 valence electrons. The maximum absolute atomic E-state index is 12.1. The molecule has 1 fully saturated rings. The van der Waals surface area contributed by atoms with E-state index >= 15 is 0 Å². The maximum atomic E-state index is 12.1. The summed E-state index contributed by atoms with van der Waals surface area (Å²) in [7, 11) is 1.91. The van der Waals surface area contributed by atoms with Crippen molar-refractivity contribution in [3.05, 3.63) is 35.9 Å². The molecule has 0 spiro atoms. The molecule has 1 saturated heterocycles. The van der Waals surface area contributed by atoms with Gasteiger partial charge in [0.1, 0.15) is 0 Å². The number of morpholine rings is 1. The molecule has 1 aromatic carbocycles. The predicted molar refractivity (Wildman–Crippen MR) is 111 cm³/mol. The second-order valence-corrected chi connectivity index (χ2v) is 6.42. The summed E-state index contributed by atoms with van der Waals surface area (Å²) in [6.07, 6.45) is 2.39. The molecule has 1 amide bonds. The Labute approximate surface area is 170 Å². The van der Waals surface area contributed by atoms with Crippen LogP contribution in [0.3, 0.4) is 0 Å². The zero-order valence-electron chi connectivity index (χ0n) is 15.8. The number of nitrogens with zero attached hydrogens (tertiary/aromatic N) is 1. The second-order valence-electron chi connectivity index (χ2n) is 6.42. The van der Waals surface area contributed by atoms with Gasteiger partial charge < -0.3 is 15.4 Å². The fourth-order valence-electron chi connectivity index (χ4n) is 3.12. The van der Waals surface area contributed by atoms with Crippen LogP contribution >= 0.6 is 24.8 Å². The van der Waals surface area contributed by atoms with E-state index in [0.717, 1.165) is 45.6 Å². The standard InChI is InChI=1S/C19H31N3O2.2ClH/c1-3-17(21-19(23)10-7-11-20-2)18-15-22(12-13-24-18)14-16-8-5-4-6-9-16;;/h4-6,8-9,17-18,20H,3,7,10-15H2,1-2H3,(H,21,23);2*1H. The highest BCUT2D eigenvalue weighted by atomic mass is 35.5. The SMILES string of the molecule is CCC(NC(=O)CCCNC)C1CN(Cc2ccccc2)CCO1.Cl.Cl. The third-order valence-electron chi connectivity index (χ3n) is 4.49. The van der Waals surface area contributed by atoms with Gasteiger partial charge in [0.15, 0.2) is 0 Å². The van der Waals surface area contributed by atoms with E-state index in [4.69, 9.17) is 4.74 Å². The quantitative estimate of drug-likeness (QED) is 0.619. The Balaban J connectivity index is 0.00000312. The zero-order chi connectivity index (χ0) is 17.2. The summed E-state index contributed by atoms with van der Waals surface area (Å²) in [5, 5.41) is 6.23. The van der Waals surface area contributed by atoms with Crippen LogP contribution < -0.4 is 10.6 Å². The largest absolute Gasteiger partial charge is 0.373 e. The lowest BCUT2D eigenvalue weighted by atomic mass is 10.1. The highest BCUT2D eigenvalue weighted by molar-refractivity contribution is 5.85. The number of rotatable bonds is 9. The number of amides is 1. The summed E-state index contributed by atoms with van der Waals surface area (Å²) < 4.78 is 5.96. The Bertz CT molecular complexity index is 491. The van der Waals surface area contributed by atoms with Crippen molar-refractivity contribution in [3.8, 4) is 0 Å². The summed E-state index contributed by atoms with van der Waals surface area (Å²) in [6.45, 7) is 6.45. The molecule has 2 atom stereocenters. The lowest BCUT2D eigenvalue weighted by Gasteiger charge is -2.37. The average molecular weight is 406 g/mol. The van der Waals surface area contributed by atoms with Gasteiger partial charge >= 0.3 is 0 Å². The zero-order valence-corrected chi connectivity index (χ0v) is 17.4. The van der Waals surface area contributed by atoms with Gasteiger partial charge in [-0.3, -0.25) is 9.69 Å². The molecule has 0 aromatic heterocycles. The molecule has 5 nitrogen and oxygen atoms in total. The normalized spacial score (nSPS) is 18.3. The van der Waals surface area contributed by atoms with Crippen molar-refractivity contribution in [2.75, 3.05) is 33.3 Å². The first-order valence-electron chi connectivity index (χ1n) is 9.04. The number of carbonyl (C=O) groups excluding carboxylic acids is 1. The van der Waals surface area contributed by atoms with Crippen molar-refractivity contribution in [3.63, 3.8) is 0 Å². The Morgan fingerprint density at radius 3 is 2.69 bits per heavy atom. The van der Waals surface area contributed by atoms with Crippen LogP contribution in [0, 0.1) is 0 Å². The molecule has 7 heteroatoms. The van der Waals surface area contributed by atoms with Crippen molar-refractivity contribution in [1.82, 2.24) is 15.5 Å². The van der Waals surface area contributed by atoms with Gasteiger partial charge in [-0.05, 0) is 32.0 Å². The molecule has 2 rings (SSSR count). The van der Waals surface area contributed by atoms with Crippen LogP contribution in [0.2, 0.25) is 0 Å². The van der Waals surface area contributed by atoms with Crippen molar-refractivity contribution in [2.24, 2.45) is 0 Å². The van der Waals surface area contributed by atoms with Gasteiger partial charge in [-0.1, -0.05) is 37.3 Å². The minimum Gasteiger partial charge on any atom is -0.373 e. The van der Waals surface area contributed by atoms with Crippen LogP contribution in [-0.4, -0.2) is 56.2 Å². The highest BCUT2D eigenvalue weighted by Gasteiger charge is 2.28. The van der Waals surface area contributed by atoms with Gasteiger partial charge in [-0.25, -0.2) is 0 Å². The fourth-order valence-corrected chi connectivity index (χ4v) is 3.12. The number of carbonyl (C=O) groups is 1. The van der Waals surface area contributed by atoms with Crippen LogP contribution in [0.1, 0.15) is 31.7 Å². The van der Waals surface area contributed by atoms with Crippen LogP contribution in [0.15, 0.2) is 30.3 Å². The molecule has 2 N–H and O–H groups in total. The minimum absolute atomic E-state index is 0. The van der Waals surface area contributed by atoms with Crippen molar-refractivity contribution in [1.29, 1.82) is 0 Å². The Kier molecular flexibility index (Phi) is 13.8. The summed E-state index contributed by atoms with van der Waals surface area (Å²) >= 11 is 0. The van der Waals surface area contributed by atoms with E-state index in [0.29, 0.717) is 6.42 Å². The maximum Gasteiger partial charge on any atom is 0.220 e. The minimum atomic E-state index is 0. The lowest BCUT2D eigenvalue weighted by molar-refractivity contribution is -0.124. The predicted octanol–water partition coefficient (Wildman–Crippen LogP) is 2.63. The molecular weight excluding hydrogens is 373 g/mol. The van der Waals surface area contributed by atoms with Crippen LogP contribution in [0.5, 0.6) is 0 Å². The van der Waals surface area contributed by atoms with Crippen molar-refractivity contribution >= 4 is 30.7 Å². The first kappa shape index (κ1) is 25.1. The first-order chi connectivity index (χ1) is 11.7. The summed E-state index contributed by atoms with van der Waals surface area (Å²) in [4.78, 5) is 14.5. The number of ether oxygens (including phenoxy) is 1.